The van der Waals surface area contributed by atoms with Gasteiger partial charge in [0.05, 0.1) is 44.9 Å². The summed E-state index contributed by atoms with van der Waals surface area (Å²) in [5, 5.41) is 3.32. The summed E-state index contributed by atoms with van der Waals surface area (Å²) in [4.78, 5) is 54.8. The van der Waals surface area contributed by atoms with Crippen LogP contribution in [-0.2, 0) is 22.2 Å². The molecule has 2 aromatic carbocycles. The summed E-state index contributed by atoms with van der Waals surface area (Å²) in [5.41, 5.74) is 1.12. The number of halogens is 4. The van der Waals surface area contributed by atoms with Crippen molar-refractivity contribution in [2.45, 2.75) is 76.0 Å². The van der Waals surface area contributed by atoms with Crippen LogP contribution in [-0.4, -0.2) is 93.4 Å². The molecule has 2 amide bonds. The minimum absolute atomic E-state index is 0.0500. The number of amides is 2. The summed E-state index contributed by atoms with van der Waals surface area (Å²) in [6.45, 7) is 4.00. The van der Waals surface area contributed by atoms with E-state index in [1.165, 1.54) is 32.4 Å². The summed E-state index contributed by atoms with van der Waals surface area (Å²) in [6, 6.07) is 10.4. The fourth-order valence-corrected chi connectivity index (χ4v) is 8.92. The lowest BCUT2D eigenvalue weighted by molar-refractivity contribution is -0.143. The number of imidazole rings is 1. The molecule has 1 atom stereocenters. The third-order valence-electron chi connectivity index (χ3n) is 11.3. The molecule has 2 N–H and O–H groups in total. The molecule has 4 aromatic rings. The van der Waals surface area contributed by atoms with E-state index in [1.54, 1.807) is 20.6 Å². The van der Waals surface area contributed by atoms with Gasteiger partial charge in [0.15, 0.2) is 0 Å². The zero-order chi connectivity index (χ0) is 36.6. The average molecular weight is 740 g/mol. The molecular formula is C38H45ClF3N7O3. The van der Waals surface area contributed by atoms with Crippen LogP contribution in [0.3, 0.4) is 0 Å². The van der Waals surface area contributed by atoms with E-state index in [9.17, 15) is 27.6 Å². The molecule has 0 radical (unpaired) electrons. The van der Waals surface area contributed by atoms with Crippen LogP contribution in [0.2, 0.25) is 5.02 Å². The Hall–Kier alpha value is -4.10. The van der Waals surface area contributed by atoms with Crippen LogP contribution in [0, 0.1) is 5.92 Å². The SMILES string of the molecule is CNc1c(Cl)cc(C[C@@H](CC(=O)N2CCC(n3c(=O)[nH]c4c5ccccc5ncc43)CC2)C(=O)N2CCC(N3CCCCC3)CC2)cc1C(F)(F)F. The van der Waals surface area contributed by atoms with Crippen molar-refractivity contribution in [2.75, 3.05) is 51.6 Å². The molecule has 3 fully saturated rings. The molecule has 14 heteroatoms. The van der Waals surface area contributed by atoms with Crippen LogP contribution in [0.4, 0.5) is 18.9 Å². The van der Waals surface area contributed by atoms with Crippen LogP contribution in [0.25, 0.3) is 21.9 Å². The molecule has 0 saturated carbocycles. The van der Waals surface area contributed by atoms with Crippen molar-refractivity contribution in [1.82, 2.24) is 29.2 Å². The van der Waals surface area contributed by atoms with E-state index in [-0.39, 0.29) is 52.7 Å². The Labute approximate surface area is 305 Å². The molecule has 3 aliphatic rings. The Balaban J connectivity index is 1.07. The number of alkyl halides is 3. The molecule has 2 aromatic heterocycles. The lowest BCUT2D eigenvalue weighted by Gasteiger charge is -2.41. The van der Waals surface area contributed by atoms with Crippen LogP contribution in [0.1, 0.15) is 68.5 Å². The molecule has 0 aliphatic carbocycles. The van der Waals surface area contributed by atoms with Gasteiger partial charge < -0.3 is 25.0 Å². The van der Waals surface area contributed by atoms with E-state index in [2.05, 4.69) is 20.2 Å². The van der Waals surface area contributed by atoms with Crippen LogP contribution in [0.5, 0.6) is 0 Å². The summed E-state index contributed by atoms with van der Waals surface area (Å²) in [7, 11) is 1.38. The fourth-order valence-electron chi connectivity index (χ4n) is 8.58. The minimum Gasteiger partial charge on any atom is -0.386 e. The molecular weight excluding hydrogens is 695 g/mol. The van der Waals surface area contributed by atoms with Crippen molar-refractivity contribution < 1.29 is 22.8 Å². The molecule has 0 spiro atoms. The summed E-state index contributed by atoms with van der Waals surface area (Å²) < 4.78 is 44.0. The minimum atomic E-state index is -4.66. The Kier molecular flexibility index (Phi) is 10.5. The van der Waals surface area contributed by atoms with Gasteiger partial charge in [-0.3, -0.25) is 19.1 Å². The molecule has 5 heterocycles. The third kappa shape index (κ3) is 7.39. The zero-order valence-corrected chi connectivity index (χ0v) is 30.1. The van der Waals surface area contributed by atoms with E-state index in [1.807, 2.05) is 24.3 Å². The van der Waals surface area contributed by atoms with Crippen molar-refractivity contribution in [3.63, 3.8) is 0 Å². The topological polar surface area (TPSA) is 107 Å². The van der Waals surface area contributed by atoms with Crippen molar-refractivity contribution in [2.24, 2.45) is 5.92 Å². The number of hydrogen-bond donors (Lipinski definition) is 2. The van der Waals surface area contributed by atoms with E-state index in [4.69, 9.17) is 11.6 Å². The number of hydrogen-bond acceptors (Lipinski definition) is 6. The molecule has 10 nitrogen and oxygen atoms in total. The smallest absolute Gasteiger partial charge is 0.386 e. The van der Waals surface area contributed by atoms with Gasteiger partial charge in [-0.05, 0) is 81.8 Å². The molecule has 7 rings (SSSR count). The van der Waals surface area contributed by atoms with Crippen molar-refractivity contribution in [1.29, 1.82) is 0 Å². The van der Waals surface area contributed by atoms with Crippen molar-refractivity contribution >= 4 is 51.0 Å². The Bertz CT molecular complexity index is 1990. The molecule has 0 bridgehead atoms. The van der Waals surface area contributed by atoms with Gasteiger partial charge in [-0.25, -0.2) is 4.79 Å². The second kappa shape index (κ2) is 15.1. The maximum atomic E-state index is 14.2. The summed E-state index contributed by atoms with van der Waals surface area (Å²) in [5.74, 6) is -1.30. The highest BCUT2D eigenvalue weighted by Gasteiger charge is 2.37. The van der Waals surface area contributed by atoms with Crippen LogP contribution in [0.15, 0.2) is 47.4 Å². The number of carbonyl (C=O) groups is 2. The zero-order valence-electron chi connectivity index (χ0n) is 29.4. The van der Waals surface area contributed by atoms with E-state index < -0.39 is 17.7 Å². The summed E-state index contributed by atoms with van der Waals surface area (Å²) >= 11 is 6.33. The lowest BCUT2D eigenvalue weighted by atomic mass is 9.91. The second-order valence-electron chi connectivity index (χ2n) is 14.5. The number of aromatic nitrogens is 3. The van der Waals surface area contributed by atoms with E-state index >= 15 is 0 Å². The van der Waals surface area contributed by atoms with E-state index in [0.717, 1.165) is 48.4 Å². The molecule has 0 unspecified atom stereocenters. The fraction of sp³-hybridized carbons (Fsp3) is 0.526. The van der Waals surface area contributed by atoms with Gasteiger partial charge in [0.1, 0.15) is 0 Å². The Morgan fingerprint density at radius 3 is 2.33 bits per heavy atom. The highest BCUT2D eigenvalue weighted by atomic mass is 35.5. The normalized spacial score (nSPS) is 19.0. The number of nitrogens with one attached hydrogen (secondary N) is 2. The number of nitrogens with zero attached hydrogens (tertiary/aromatic N) is 5. The van der Waals surface area contributed by atoms with Crippen molar-refractivity contribution in [3.05, 3.63) is 69.2 Å². The number of para-hydroxylation sites is 1. The number of H-pyrrole nitrogens is 1. The number of fused-ring (bicyclic) bond motifs is 3. The maximum absolute atomic E-state index is 14.2. The average Bonchev–Trinajstić information content (AvgIpc) is 3.50. The summed E-state index contributed by atoms with van der Waals surface area (Å²) in [6.07, 6.45) is 3.20. The second-order valence-corrected chi connectivity index (χ2v) is 14.9. The first-order chi connectivity index (χ1) is 25.0. The number of likely N-dealkylation sites (tertiary alicyclic amines) is 3. The largest absolute Gasteiger partial charge is 0.418 e. The van der Waals surface area contributed by atoms with Gasteiger partial charge >= 0.3 is 11.9 Å². The predicted octanol–water partition coefficient (Wildman–Crippen LogP) is 6.48. The standard InChI is InChI=1S/C38H45ClF3N7O3/c1-43-35-29(38(40,41)42)20-24(21-30(35)39)19-25(36(51)48-17-9-26(10-18-48)46-13-5-2-6-14-46)22-33(50)47-15-11-27(12-16-47)49-32-23-44-31-8-4-3-7-28(31)34(32)45-37(49)52/h3-4,7-8,20-21,23,25-27,43H,2,5-6,9-19,22H2,1H3,(H,45,52)/t25-/m0/s1. The number of anilines is 1. The number of pyridine rings is 1. The molecule has 52 heavy (non-hydrogen) atoms. The maximum Gasteiger partial charge on any atom is 0.418 e. The predicted molar refractivity (Wildman–Crippen MR) is 196 cm³/mol. The first kappa shape index (κ1) is 36.3. The Morgan fingerprint density at radius 2 is 1.63 bits per heavy atom. The van der Waals surface area contributed by atoms with Gasteiger partial charge in [-0.2, -0.15) is 13.2 Å². The number of aromatic amines is 1. The van der Waals surface area contributed by atoms with Gasteiger partial charge in [-0.15, -0.1) is 0 Å². The third-order valence-corrected chi connectivity index (χ3v) is 11.6. The van der Waals surface area contributed by atoms with Crippen LogP contribution < -0.4 is 11.0 Å². The lowest BCUT2D eigenvalue weighted by Crippen LogP contribution is -2.50. The highest BCUT2D eigenvalue weighted by molar-refractivity contribution is 6.33. The highest BCUT2D eigenvalue weighted by Crippen LogP contribution is 2.40. The Morgan fingerprint density at radius 1 is 0.962 bits per heavy atom. The number of piperidine rings is 3. The molecule has 3 saturated heterocycles. The number of carbonyl (C=O) groups excluding carboxylic acids is 2. The number of benzene rings is 2. The van der Waals surface area contributed by atoms with Gasteiger partial charge in [0.25, 0.3) is 0 Å². The monoisotopic (exact) mass is 739 g/mol. The van der Waals surface area contributed by atoms with Gasteiger partial charge in [0.2, 0.25) is 11.8 Å². The first-order valence-electron chi connectivity index (χ1n) is 18.4. The molecule has 3 aliphatic heterocycles. The van der Waals surface area contributed by atoms with Crippen LogP contribution >= 0.6 is 11.6 Å². The van der Waals surface area contributed by atoms with Gasteiger partial charge in [-0.1, -0.05) is 36.2 Å². The first-order valence-corrected chi connectivity index (χ1v) is 18.8. The quantitative estimate of drug-likeness (QED) is 0.214. The molecule has 278 valence electrons. The van der Waals surface area contributed by atoms with E-state index in [0.29, 0.717) is 50.6 Å². The number of rotatable bonds is 8. The van der Waals surface area contributed by atoms with Gasteiger partial charge in [0, 0.05) is 57.1 Å². The van der Waals surface area contributed by atoms with Crippen molar-refractivity contribution in [3.8, 4) is 0 Å².